The van der Waals surface area contributed by atoms with E-state index in [9.17, 15) is 14.7 Å². The molecule has 4 atom stereocenters. The van der Waals surface area contributed by atoms with Gasteiger partial charge in [-0.25, -0.2) is 9.59 Å². The van der Waals surface area contributed by atoms with Crippen LogP contribution in [0.25, 0.3) is 0 Å². The summed E-state index contributed by atoms with van der Waals surface area (Å²) in [6.45, 7) is 4.76. The third-order valence-electron chi connectivity index (χ3n) is 6.00. The first-order valence-corrected chi connectivity index (χ1v) is 8.71. The van der Waals surface area contributed by atoms with Crippen LogP contribution in [0.2, 0.25) is 0 Å². The van der Waals surface area contributed by atoms with Gasteiger partial charge in [0.15, 0.2) is 5.60 Å². The highest BCUT2D eigenvalue weighted by molar-refractivity contribution is 5.90. The zero-order chi connectivity index (χ0) is 17.8. The number of carbonyl (C=O) groups excluding carboxylic acids is 2. The van der Waals surface area contributed by atoms with E-state index in [4.69, 9.17) is 14.2 Å². The molecule has 3 fully saturated rings. The lowest BCUT2D eigenvalue weighted by Crippen LogP contribution is -2.40. The van der Waals surface area contributed by atoms with Crippen molar-refractivity contribution in [1.29, 1.82) is 0 Å². The van der Waals surface area contributed by atoms with Gasteiger partial charge in [0.1, 0.15) is 18.3 Å². The highest BCUT2D eigenvalue weighted by Crippen LogP contribution is 2.52. The van der Waals surface area contributed by atoms with Crippen molar-refractivity contribution in [2.45, 2.75) is 50.0 Å². The Kier molecular flexibility index (Phi) is 3.79. The van der Waals surface area contributed by atoms with Gasteiger partial charge in [-0.3, -0.25) is 4.90 Å². The third kappa shape index (κ3) is 2.37. The van der Waals surface area contributed by atoms with Crippen molar-refractivity contribution in [1.82, 2.24) is 4.90 Å². The molecule has 0 spiro atoms. The number of hydrogen-bond donors (Lipinski definition) is 1. The Morgan fingerprint density at radius 3 is 2.96 bits per heavy atom. The first-order valence-electron chi connectivity index (χ1n) is 8.71. The van der Waals surface area contributed by atoms with Gasteiger partial charge >= 0.3 is 11.9 Å². The molecule has 0 amide bonds. The molecule has 0 aromatic rings. The molecule has 1 N–H and O–H groups in total. The van der Waals surface area contributed by atoms with Crippen molar-refractivity contribution in [2.75, 3.05) is 26.3 Å². The zero-order valence-electron chi connectivity index (χ0n) is 14.5. The largest absolute Gasteiger partial charge is 0.459 e. The number of fused-ring (bicyclic) bond motifs is 1. The number of epoxide rings is 1. The number of nitrogens with zero attached hydrogens (tertiary/aromatic N) is 1. The summed E-state index contributed by atoms with van der Waals surface area (Å²) in [4.78, 5) is 27.5. The van der Waals surface area contributed by atoms with E-state index in [2.05, 4.69) is 4.90 Å². The summed E-state index contributed by atoms with van der Waals surface area (Å²) in [7, 11) is 0. The second-order valence-corrected chi connectivity index (χ2v) is 7.31. The maximum atomic E-state index is 12.7. The molecule has 7 nitrogen and oxygen atoms in total. The summed E-state index contributed by atoms with van der Waals surface area (Å²) in [6, 6.07) is -0.0233. The predicted octanol–water partition coefficient (Wildman–Crippen LogP) is 0.326. The number of ether oxygens (including phenoxy) is 3. The lowest BCUT2D eigenvalue weighted by atomic mass is 9.88. The Bertz CT molecular complexity index is 685. The van der Waals surface area contributed by atoms with E-state index in [0.717, 1.165) is 25.1 Å². The standard InChI is InChI=1S/C18H23NO6/c1-3-11-8-18(10-20)17(2,25-18)16(22)23-9-12-4-6-19-7-5-13(14(12)19)24-15(11)21/h3-4,13-14,20H,5-10H2,1-2H3/b11-3+/t13-,14-,17+,18-/m1/s1. The van der Waals surface area contributed by atoms with Crippen molar-refractivity contribution in [2.24, 2.45) is 0 Å². The van der Waals surface area contributed by atoms with E-state index in [1.165, 1.54) is 0 Å². The maximum absolute atomic E-state index is 12.7. The van der Waals surface area contributed by atoms with Crippen LogP contribution in [0, 0.1) is 0 Å². The van der Waals surface area contributed by atoms with Gasteiger partial charge < -0.3 is 19.3 Å². The Morgan fingerprint density at radius 2 is 2.24 bits per heavy atom. The average Bonchev–Trinajstić information content (AvgIpc) is 2.90. The second-order valence-electron chi connectivity index (χ2n) is 7.31. The first kappa shape index (κ1) is 16.8. The number of aliphatic hydroxyl groups excluding tert-OH is 1. The molecule has 25 heavy (non-hydrogen) atoms. The Morgan fingerprint density at radius 1 is 1.44 bits per heavy atom. The highest BCUT2D eigenvalue weighted by atomic mass is 16.7. The van der Waals surface area contributed by atoms with E-state index in [1.54, 1.807) is 19.9 Å². The van der Waals surface area contributed by atoms with Gasteiger partial charge in [-0.2, -0.15) is 0 Å². The molecule has 0 unspecified atom stereocenters. The smallest absolute Gasteiger partial charge is 0.341 e. The molecule has 0 aliphatic carbocycles. The molecular weight excluding hydrogens is 326 g/mol. The number of cyclic esters (lactones) is 1. The van der Waals surface area contributed by atoms with Gasteiger partial charge in [0.25, 0.3) is 0 Å². The molecule has 7 heteroatoms. The van der Waals surface area contributed by atoms with Crippen LogP contribution in [0.15, 0.2) is 23.3 Å². The van der Waals surface area contributed by atoms with Crippen LogP contribution in [0.5, 0.6) is 0 Å². The van der Waals surface area contributed by atoms with Crippen LogP contribution in [-0.2, 0) is 23.8 Å². The molecule has 0 aromatic carbocycles. The summed E-state index contributed by atoms with van der Waals surface area (Å²) >= 11 is 0. The van der Waals surface area contributed by atoms with Crippen LogP contribution in [-0.4, -0.2) is 71.6 Å². The first-order chi connectivity index (χ1) is 11.9. The van der Waals surface area contributed by atoms with E-state index in [-0.39, 0.29) is 31.8 Å². The molecular formula is C18H23NO6. The fourth-order valence-electron chi connectivity index (χ4n) is 4.26. The minimum atomic E-state index is -1.25. The molecule has 0 aromatic heterocycles. The van der Waals surface area contributed by atoms with Crippen molar-refractivity contribution in [3.05, 3.63) is 23.3 Å². The van der Waals surface area contributed by atoms with Crippen LogP contribution in [0.1, 0.15) is 26.7 Å². The Labute approximate surface area is 146 Å². The lowest BCUT2D eigenvalue weighted by molar-refractivity contribution is -0.150. The van der Waals surface area contributed by atoms with Gasteiger partial charge in [0.2, 0.25) is 0 Å². The van der Waals surface area contributed by atoms with Gasteiger partial charge in [-0.1, -0.05) is 12.2 Å². The molecule has 0 saturated carbocycles. The number of esters is 2. The van der Waals surface area contributed by atoms with E-state index < -0.39 is 23.1 Å². The fraction of sp³-hybridized carbons (Fsp3) is 0.667. The fourth-order valence-corrected chi connectivity index (χ4v) is 4.26. The number of carbonyl (C=O) groups is 2. The Hall–Kier alpha value is -1.70. The van der Waals surface area contributed by atoms with Gasteiger partial charge in [0, 0.05) is 25.1 Å². The molecule has 3 saturated heterocycles. The SMILES string of the molecule is C/C=C1\C[C@]2(CO)O[C@@]2(C)C(=O)OCC2=CCN3CC[C@@H](OC1=O)[C@@H]23. The van der Waals surface area contributed by atoms with E-state index in [0.29, 0.717) is 5.57 Å². The van der Waals surface area contributed by atoms with Crippen LogP contribution >= 0.6 is 0 Å². The van der Waals surface area contributed by atoms with Crippen LogP contribution in [0.3, 0.4) is 0 Å². The van der Waals surface area contributed by atoms with Crippen molar-refractivity contribution in [3.63, 3.8) is 0 Å². The van der Waals surface area contributed by atoms with Gasteiger partial charge in [-0.05, 0) is 25.8 Å². The minimum Gasteiger partial charge on any atom is -0.459 e. The number of hydrogen-bond acceptors (Lipinski definition) is 7. The minimum absolute atomic E-state index is 0.0233. The summed E-state index contributed by atoms with van der Waals surface area (Å²) in [6.07, 6.45) is 4.34. The van der Waals surface area contributed by atoms with Crippen molar-refractivity contribution >= 4 is 11.9 Å². The van der Waals surface area contributed by atoms with Gasteiger partial charge in [0.05, 0.1) is 12.6 Å². The van der Waals surface area contributed by atoms with Crippen LogP contribution < -0.4 is 0 Å². The maximum Gasteiger partial charge on any atom is 0.341 e. The van der Waals surface area contributed by atoms with E-state index >= 15 is 0 Å². The van der Waals surface area contributed by atoms with Crippen molar-refractivity contribution < 1.29 is 28.9 Å². The zero-order valence-corrected chi connectivity index (χ0v) is 14.5. The average molecular weight is 349 g/mol. The highest BCUT2D eigenvalue weighted by Gasteiger charge is 2.73. The summed E-state index contributed by atoms with van der Waals surface area (Å²) in [5.41, 5.74) is -1.00. The van der Waals surface area contributed by atoms with Crippen molar-refractivity contribution in [3.8, 4) is 0 Å². The lowest BCUT2D eigenvalue weighted by Gasteiger charge is -2.26. The number of allylic oxidation sites excluding steroid dienone is 1. The molecule has 4 aliphatic rings. The summed E-state index contributed by atoms with van der Waals surface area (Å²) in [5, 5.41) is 9.80. The molecule has 0 bridgehead atoms. The van der Waals surface area contributed by atoms with Crippen LogP contribution in [0.4, 0.5) is 0 Å². The molecule has 136 valence electrons. The predicted molar refractivity (Wildman–Crippen MR) is 86.6 cm³/mol. The van der Waals surface area contributed by atoms with E-state index in [1.807, 2.05) is 6.08 Å². The molecule has 4 heterocycles. The summed E-state index contributed by atoms with van der Waals surface area (Å²) in [5.74, 6) is -0.903. The number of aliphatic hydroxyl groups is 1. The molecule has 4 aliphatic heterocycles. The third-order valence-corrected chi connectivity index (χ3v) is 6.00. The number of rotatable bonds is 1. The normalized spacial score (nSPS) is 42.7. The Balaban J connectivity index is 1.67. The topological polar surface area (TPSA) is 88.6 Å². The molecule has 4 rings (SSSR count). The van der Waals surface area contributed by atoms with Gasteiger partial charge in [-0.15, -0.1) is 0 Å². The monoisotopic (exact) mass is 349 g/mol. The molecule has 0 radical (unpaired) electrons. The summed E-state index contributed by atoms with van der Waals surface area (Å²) < 4.78 is 16.9. The second kappa shape index (κ2) is 5.65. The quantitative estimate of drug-likeness (QED) is 0.316.